The van der Waals surface area contributed by atoms with Crippen molar-refractivity contribution in [2.45, 2.75) is 51.7 Å². The molecule has 0 saturated carbocycles. The fourth-order valence-electron chi connectivity index (χ4n) is 3.77. The molecule has 0 radical (unpaired) electrons. The molecular weight excluding hydrogens is 398 g/mol. The van der Waals surface area contributed by atoms with Crippen molar-refractivity contribution in [3.8, 4) is 11.5 Å². The maximum Gasteiger partial charge on any atom is 0.410 e. The van der Waals surface area contributed by atoms with Crippen LogP contribution in [-0.4, -0.2) is 59.5 Å². The van der Waals surface area contributed by atoms with Crippen LogP contribution in [0.2, 0.25) is 0 Å². The van der Waals surface area contributed by atoms with E-state index in [0.29, 0.717) is 30.3 Å². The third-order valence-corrected chi connectivity index (χ3v) is 5.23. The van der Waals surface area contributed by atoms with Crippen molar-refractivity contribution < 1.29 is 23.8 Å². The van der Waals surface area contributed by atoms with E-state index in [1.165, 1.54) is 0 Å². The molecule has 2 unspecified atom stereocenters. The van der Waals surface area contributed by atoms with E-state index in [2.05, 4.69) is 0 Å². The van der Waals surface area contributed by atoms with Gasteiger partial charge >= 0.3 is 6.09 Å². The molecule has 8 heteroatoms. The van der Waals surface area contributed by atoms with E-state index in [0.717, 1.165) is 12.0 Å². The van der Waals surface area contributed by atoms with Crippen LogP contribution in [0.25, 0.3) is 0 Å². The standard InChI is InChI=1S/C23H31N3O5/c1-15(27)21(16-11-18(29-5)13-19(12-16)30-6)20-8-10-26(24-20)17-7-9-25(14-17)22(28)31-23(2,3)4/h8,10-13,17,21H,7,9,14H2,1-6H3. The smallest absolute Gasteiger partial charge is 0.410 e. The number of likely N-dealkylation sites (tertiary alicyclic amines) is 1. The number of Topliss-reactive ketones (excluding diaryl/α,β-unsaturated/α-hetero) is 1. The lowest BCUT2D eigenvalue weighted by Gasteiger charge is -2.24. The second-order valence-corrected chi connectivity index (χ2v) is 8.78. The van der Waals surface area contributed by atoms with E-state index < -0.39 is 11.5 Å². The van der Waals surface area contributed by atoms with Gasteiger partial charge in [-0.15, -0.1) is 0 Å². The van der Waals surface area contributed by atoms with Crippen LogP contribution >= 0.6 is 0 Å². The second kappa shape index (κ2) is 8.99. The fourth-order valence-corrected chi connectivity index (χ4v) is 3.77. The SMILES string of the molecule is COc1cc(OC)cc(C(C(C)=O)c2ccn(C3CCN(C(=O)OC(C)(C)C)C3)n2)c1. The molecule has 2 atom stereocenters. The normalized spacial score (nSPS) is 17.4. The minimum absolute atomic E-state index is 0.0256. The van der Waals surface area contributed by atoms with Gasteiger partial charge in [0, 0.05) is 25.4 Å². The fraction of sp³-hybridized carbons (Fsp3) is 0.522. The van der Waals surface area contributed by atoms with Crippen LogP contribution in [0.3, 0.4) is 0 Å². The molecule has 31 heavy (non-hydrogen) atoms. The highest BCUT2D eigenvalue weighted by Crippen LogP contribution is 2.32. The molecule has 8 nitrogen and oxygen atoms in total. The first-order valence-electron chi connectivity index (χ1n) is 10.4. The number of methoxy groups -OCH3 is 2. The Labute approximate surface area is 183 Å². The van der Waals surface area contributed by atoms with Gasteiger partial charge < -0.3 is 19.1 Å². The number of ketones is 1. The number of amides is 1. The Bertz CT molecular complexity index is 925. The molecule has 0 N–H and O–H groups in total. The minimum atomic E-state index is -0.534. The summed E-state index contributed by atoms with van der Waals surface area (Å²) in [7, 11) is 3.15. The molecule has 3 rings (SSSR count). The molecule has 1 aromatic carbocycles. The Kier molecular flexibility index (Phi) is 6.57. The van der Waals surface area contributed by atoms with Crippen molar-refractivity contribution in [2.75, 3.05) is 27.3 Å². The van der Waals surface area contributed by atoms with Crippen molar-refractivity contribution >= 4 is 11.9 Å². The predicted molar refractivity (Wildman–Crippen MR) is 116 cm³/mol. The van der Waals surface area contributed by atoms with Gasteiger partial charge in [-0.25, -0.2) is 4.79 Å². The average Bonchev–Trinajstić information content (AvgIpc) is 3.36. The largest absolute Gasteiger partial charge is 0.497 e. The van der Waals surface area contributed by atoms with Gasteiger partial charge in [0.25, 0.3) is 0 Å². The summed E-state index contributed by atoms with van der Waals surface area (Å²) in [5.41, 5.74) is 0.884. The van der Waals surface area contributed by atoms with Crippen LogP contribution in [-0.2, 0) is 9.53 Å². The Morgan fingerprint density at radius 2 is 1.77 bits per heavy atom. The van der Waals surface area contributed by atoms with Gasteiger partial charge in [0.2, 0.25) is 0 Å². The van der Waals surface area contributed by atoms with E-state index in [-0.39, 0.29) is 17.9 Å². The van der Waals surface area contributed by atoms with Gasteiger partial charge in [0.05, 0.1) is 31.9 Å². The van der Waals surface area contributed by atoms with Crippen LogP contribution in [0.4, 0.5) is 4.79 Å². The zero-order valence-electron chi connectivity index (χ0n) is 19.0. The molecule has 1 amide bonds. The summed E-state index contributed by atoms with van der Waals surface area (Å²) in [5.74, 6) is 0.670. The van der Waals surface area contributed by atoms with Crippen LogP contribution in [0.1, 0.15) is 57.3 Å². The summed E-state index contributed by atoms with van der Waals surface area (Å²) < 4.78 is 18.0. The van der Waals surface area contributed by atoms with E-state index >= 15 is 0 Å². The molecule has 0 bridgehead atoms. The van der Waals surface area contributed by atoms with Crippen molar-refractivity contribution in [1.82, 2.24) is 14.7 Å². The number of hydrogen-bond acceptors (Lipinski definition) is 6. The molecule has 2 aromatic rings. The highest BCUT2D eigenvalue weighted by atomic mass is 16.6. The lowest BCUT2D eigenvalue weighted by molar-refractivity contribution is -0.117. The molecule has 1 aromatic heterocycles. The summed E-state index contributed by atoms with van der Waals surface area (Å²) in [6.45, 7) is 8.25. The van der Waals surface area contributed by atoms with Crippen molar-refractivity contribution in [2.24, 2.45) is 0 Å². The molecule has 1 saturated heterocycles. The Morgan fingerprint density at radius 3 is 2.32 bits per heavy atom. The van der Waals surface area contributed by atoms with Gasteiger partial charge in [0.15, 0.2) is 0 Å². The topological polar surface area (TPSA) is 82.9 Å². The quantitative estimate of drug-likeness (QED) is 0.695. The van der Waals surface area contributed by atoms with Crippen LogP contribution in [0.5, 0.6) is 11.5 Å². The summed E-state index contributed by atoms with van der Waals surface area (Å²) in [4.78, 5) is 26.6. The van der Waals surface area contributed by atoms with Gasteiger partial charge in [0.1, 0.15) is 22.9 Å². The third-order valence-electron chi connectivity index (χ3n) is 5.23. The number of hydrogen-bond donors (Lipinski definition) is 0. The molecule has 168 valence electrons. The zero-order valence-corrected chi connectivity index (χ0v) is 19.0. The second-order valence-electron chi connectivity index (χ2n) is 8.78. The summed E-state index contributed by atoms with van der Waals surface area (Å²) >= 11 is 0. The summed E-state index contributed by atoms with van der Waals surface area (Å²) in [6, 6.07) is 7.31. The molecular formula is C23H31N3O5. The van der Waals surface area contributed by atoms with Crippen LogP contribution in [0.15, 0.2) is 30.5 Å². The number of nitrogens with zero attached hydrogens (tertiary/aromatic N) is 3. The first-order valence-corrected chi connectivity index (χ1v) is 10.4. The summed E-state index contributed by atoms with van der Waals surface area (Å²) in [6.07, 6.45) is 2.33. The maximum atomic E-state index is 12.5. The predicted octanol–water partition coefficient (Wildman–Crippen LogP) is 3.80. The number of aromatic nitrogens is 2. The average molecular weight is 430 g/mol. The number of rotatable bonds is 6. The van der Waals surface area contributed by atoms with Crippen molar-refractivity contribution in [3.05, 3.63) is 41.7 Å². The number of carbonyl (C=O) groups is 2. The van der Waals surface area contributed by atoms with Gasteiger partial charge in [-0.3, -0.25) is 9.48 Å². The lowest BCUT2D eigenvalue weighted by atomic mass is 9.92. The van der Waals surface area contributed by atoms with Crippen LogP contribution in [0, 0.1) is 0 Å². The van der Waals surface area contributed by atoms with Crippen molar-refractivity contribution in [3.63, 3.8) is 0 Å². The van der Waals surface area contributed by atoms with Gasteiger partial charge in [-0.05, 0) is 57.9 Å². The Balaban J connectivity index is 1.80. The van der Waals surface area contributed by atoms with E-state index in [1.54, 1.807) is 32.1 Å². The van der Waals surface area contributed by atoms with Gasteiger partial charge in [-0.1, -0.05) is 0 Å². The molecule has 2 heterocycles. The molecule has 1 aliphatic rings. The monoisotopic (exact) mass is 429 g/mol. The molecule has 1 aliphatic heterocycles. The van der Waals surface area contributed by atoms with E-state index in [4.69, 9.17) is 19.3 Å². The molecule has 0 aliphatic carbocycles. The maximum absolute atomic E-state index is 12.5. The number of carbonyl (C=O) groups excluding carboxylic acids is 2. The van der Waals surface area contributed by atoms with Crippen molar-refractivity contribution in [1.29, 1.82) is 0 Å². The third kappa shape index (κ3) is 5.37. The zero-order chi connectivity index (χ0) is 22.8. The number of ether oxygens (including phenoxy) is 3. The highest BCUT2D eigenvalue weighted by Gasteiger charge is 2.32. The molecule has 1 fully saturated rings. The first-order chi connectivity index (χ1) is 14.6. The highest BCUT2D eigenvalue weighted by molar-refractivity contribution is 5.86. The Morgan fingerprint density at radius 1 is 1.13 bits per heavy atom. The van der Waals surface area contributed by atoms with E-state index in [1.807, 2.05) is 49.8 Å². The number of benzene rings is 1. The Hall–Kier alpha value is -3.03. The lowest BCUT2D eigenvalue weighted by Crippen LogP contribution is -2.35. The van der Waals surface area contributed by atoms with Gasteiger partial charge in [-0.2, -0.15) is 5.10 Å². The van der Waals surface area contributed by atoms with Crippen LogP contribution < -0.4 is 9.47 Å². The molecule has 0 spiro atoms. The summed E-state index contributed by atoms with van der Waals surface area (Å²) in [5, 5.41) is 4.70. The first kappa shape index (κ1) is 22.7. The minimum Gasteiger partial charge on any atom is -0.497 e. The van der Waals surface area contributed by atoms with E-state index in [9.17, 15) is 9.59 Å².